The van der Waals surface area contributed by atoms with E-state index in [0.717, 1.165) is 19.3 Å². The highest BCUT2D eigenvalue weighted by atomic mass is 35.5. The molecular weight excluding hydrogens is 392 g/mol. The van der Waals surface area contributed by atoms with Gasteiger partial charge in [0.15, 0.2) is 6.10 Å². The van der Waals surface area contributed by atoms with Gasteiger partial charge in [0.1, 0.15) is 0 Å². The third kappa shape index (κ3) is 5.31. The van der Waals surface area contributed by atoms with E-state index in [1.807, 2.05) is 0 Å². The lowest BCUT2D eigenvalue weighted by Crippen LogP contribution is -2.36. The number of halogens is 1. The first-order valence-electron chi connectivity index (χ1n) is 8.66. The van der Waals surface area contributed by atoms with Crippen molar-refractivity contribution in [3.63, 3.8) is 0 Å². The molecule has 1 amide bonds. The third-order valence-corrected chi connectivity index (χ3v) is 6.41. The van der Waals surface area contributed by atoms with Crippen molar-refractivity contribution in [2.45, 2.75) is 37.2 Å². The minimum Gasteiger partial charge on any atom is -0.449 e. The fraction of sp³-hybridized carbons (Fsp3) is 0.444. The van der Waals surface area contributed by atoms with Crippen LogP contribution in [-0.4, -0.2) is 50.3 Å². The van der Waals surface area contributed by atoms with Gasteiger partial charge in [0.25, 0.3) is 5.91 Å². The second-order valence-corrected chi connectivity index (χ2v) is 8.53. The molecule has 0 aliphatic carbocycles. The molecule has 0 unspecified atom stereocenters. The first kappa shape index (κ1) is 21.4. The highest BCUT2D eigenvalue weighted by Gasteiger charge is 2.28. The maximum atomic E-state index is 12.8. The summed E-state index contributed by atoms with van der Waals surface area (Å²) in [5.74, 6) is -1.35. The van der Waals surface area contributed by atoms with Gasteiger partial charge in [0.05, 0.1) is 15.5 Å². The number of ether oxygens (including phenoxy) is 1. The molecule has 1 aliphatic heterocycles. The number of hydrogen-bond acceptors (Lipinski definition) is 5. The number of nitrogens with one attached hydrogen (secondary N) is 1. The van der Waals surface area contributed by atoms with Crippen LogP contribution in [0.25, 0.3) is 0 Å². The topological polar surface area (TPSA) is 92.8 Å². The molecule has 0 spiro atoms. The maximum Gasteiger partial charge on any atom is 0.340 e. The van der Waals surface area contributed by atoms with Crippen LogP contribution in [0.15, 0.2) is 35.7 Å². The van der Waals surface area contributed by atoms with Gasteiger partial charge in [-0.25, -0.2) is 13.2 Å². The van der Waals surface area contributed by atoms with E-state index in [4.69, 9.17) is 16.3 Å². The van der Waals surface area contributed by atoms with E-state index in [1.165, 1.54) is 35.5 Å². The van der Waals surface area contributed by atoms with Crippen molar-refractivity contribution < 1.29 is 22.7 Å². The van der Waals surface area contributed by atoms with Crippen LogP contribution in [0.2, 0.25) is 5.02 Å². The fourth-order valence-electron chi connectivity index (χ4n) is 2.67. The number of carbonyl (C=O) groups excluding carboxylic acids is 2. The summed E-state index contributed by atoms with van der Waals surface area (Å²) in [6.07, 6.45) is 3.04. The summed E-state index contributed by atoms with van der Waals surface area (Å²) in [6.45, 7) is 6.04. The lowest BCUT2D eigenvalue weighted by Gasteiger charge is -2.26. The molecule has 148 valence electrons. The van der Waals surface area contributed by atoms with Gasteiger partial charge in [-0.2, -0.15) is 4.31 Å². The largest absolute Gasteiger partial charge is 0.449 e. The van der Waals surface area contributed by atoms with Crippen molar-refractivity contribution >= 4 is 33.5 Å². The van der Waals surface area contributed by atoms with Crippen molar-refractivity contribution in [1.82, 2.24) is 9.62 Å². The van der Waals surface area contributed by atoms with E-state index in [0.29, 0.717) is 13.1 Å². The van der Waals surface area contributed by atoms with Gasteiger partial charge >= 0.3 is 5.97 Å². The van der Waals surface area contributed by atoms with Crippen LogP contribution in [0.5, 0.6) is 0 Å². The van der Waals surface area contributed by atoms with E-state index in [9.17, 15) is 18.0 Å². The normalized spacial score (nSPS) is 16.4. The van der Waals surface area contributed by atoms with Gasteiger partial charge in [0.2, 0.25) is 10.0 Å². The summed E-state index contributed by atoms with van der Waals surface area (Å²) in [6, 6.07) is 3.91. The van der Waals surface area contributed by atoms with Gasteiger partial charge < -0.3 is 10.1 Å². The van der Waals surface area contributed by atoms with Crippen LogP contribution in [0.4, 0.5) is 0 Å². The monoisotopic (exact) mass is 414 g/mol. The average Bonchev–Trinajstić information content (AvgIpc) is 2.66. The van der Waals surface area contributed by atoms with E-state index < -0.39 is 28.0 Å². The van der Waals surface area contributed by atoms with E-state index in [2.05, 4.69) is 11.9 Å². The Hall–Kier alpha value is -1.90. The lowest BCUT2D eigenvalue weighted by atomic mass is 10.2. The Kier molecular flexibility index (Phi) is 7.41. The van der Waals surface area contributed by atoms with Crippen molar-refractivity contribution in [1.29, 1.82) is 0 Å². The zero-order valence-electron chi connectivity index (χ0n) is 15.1. The standard InChI is InChI=1S/C18H23ClN2O5S/c1-3-9-20-17(22)13(2)26-18(23)15-12-14(7-8-16(15)19)27(24,25)21-10-5-4-6-11-21/h3,7-8,12-13H,1,4-6,9-11H2,2H3,(H,20,22)/t13-/m0/s1. The Morgan fingerprint density at radius 2 is 2.00 bits per heavy atom. The third-order valence-electron chi connectivity index (χ3n) is 4.18. The Balaban J connectivity index is 2.20. The molecule has 1 atom stereocenters. The minimum absolute atomic E-state index is 0.0236. The SMILES string of the molecule is C=CCNC(=O)[C@H](C)OC(=O)c1cc(S(=O)(=O)N2CCCCC2)ccc1Cl. The van der Waals surface area contributed by atoms with Crippen LogP contribution in [0.3, 0.4) is 0 Å². The summed E-state index contributed by atoms with van der Waals surface area (Å²) in [4.78, 5) is 24.2. The predicted octanol–water partition coefficient (Wildman–Crippen LogP) is 2.36. The highest BCUT2D eigenvalue weighted by Crippen LogP contribution is 2.25. The first-order valence-corrected chi connectivity index (χ1v) is 10.5. The van der Waals surface area contributed by atoms with Crippen LogP contribution in [0, 0.1) is 0 Å². The van der Waals surface area contributed by atoms with Crippen LogP contribution < -0.4 is 5.32 Å². The lowest BCUT2D eigenvalue weighted by molar-refractivity contribution is -0.128. The number of hydrogen-bond donors (Lipinski definition) is 1. The number of carbonyl (C=O) groups is 2. The summed E-state index contributed by atoms with van der Waals surface area (Å²) in [7, 11) is -3.72. The Bertz CT molecular complexity index is 819. The molecular formula is C18H23ClN2O5S. The second kappa shape index (κ2) is 9.34. The van der Waals surface area contributed by atoms with E-state index in [-0.39, 0.29) is 22.0 Å². The molecule has 1 N–H and O–H groups in total. The van der Waals surface area contributed by atoms with Gasteiger partial charge in [-0.3, -0.25) is 4.79 Å². The molecule has 27 heavy (non-hydrogen) atoms. The van der Waals surface area contributed by atoms with Crippen molar-refractivity contribution in [3.8, 4) is 0 Å². The van der Waals surface area contributed by atoms with Crippen molar-refractivity contribution in [3.05, 3.63) is 41.4 Å². The summed E-state index contributed by atoms with van der Waals surface area (Å²) in [5, 5.41) is 2.56. The molecule has 0 bridgehead atoms. The summed E-state index contributed by atoms with van der Waals surface area (Å²) < 4.78 is 32.1. The van der Waals surface area contributed by atoms with Crippen LogP contribution in [-0.2, 0) is 19.6 Å². The number of esters is 1. The Labute approximate surface area is 164 Å². The summed E-state index contributed by atoms with van der Waals surface area (Å²) in [5.41, 5.74) is -0.0990. The zero-order chi connectivity index (χ0) is 20.0. The number of amides is 1. The number of rotatable bonds is 7. The zero-order valence-corrected chi connectivity index (χ0v) is 16.7. The molecule has 1 aromatic rings. The number of sulfonamides is 1. The van der Waals surface area contributed by atoms with Crippen LogP contribution in [0.1, 0.15) is 36.5 Å². The minimum atomic E-state index is -3.72. The molecule has 1 heterocycles. The first-order chi connectivity index (χ1) is 12.8. The Morgan fingerprint density at radius 1 is 1.33 bits per heavy atom. The maximum absolute atomic E-state index is 12.8. The number of nitrogens with zero attached hydrogens (tertiary/aromatic N) is 1. The molecule has 0 aromatic heterocycles. The smallest absolute Gasteiger partial charge is 0.340 e. The molecule has 2 rings (SSSR count). The fourth-order valence-corrected chi connectivity index (χ4v) is 4.41. The molecule has 1 saturated heterocycles. The molecule has 0 radical (unpaired) electrons. The second-order valence-electron chi connectivity index (χ2n) is 6.19. The number of benzene rings is 1. The predicted molar refractivity (Wildman–Crippen MR) is 102 cm³/mol. The van der Waals surface area contributed by atoms with E-state index in [1.54, 1.807) is 0 Å². The Morgan fingerprint density at radius 3 is 2.63 bits per heavy atom. The molecule has 1 aliphatic rings. The summed E-state index contributed by atoms with van der Waals surface area (Å²) >= 11 is 6.05. The van der Waals surface area contributed by atoms with Gasteiger partial charge in [-0.1, -0.05) is 24.1 Å². The quantitative estimate of drug-likeness (QED) is 0.546. The molecule has 7 nitrogen and oxygen atoms in total. The molecule has 0 saturated carbocycles. The van der Waals surface area contributed by atoms with Crippen molar-refractivity contribution in [2.24, 2.45) is 0 Å². The molecule has 1 fully saturated rings. The average molecular weight is 415 g/mol. The van der Waals surface area contributed by atoms with Gasteiger partial charge in [0, 0.05) is 19.6 Å². The molecule has 1 aromatic carbocycles. The number of piperidine rings is 1. The highest BCUT2D eigenvalue weighted by molar-refractivity contribution is 7.89. The van der Waals surface area contributed by atoms with Gasteiger partial charge in [-0.15, -0.1) is 6.58 Å². The van der Waals surface area contributed by atoms with E-state index >= 15 is 0 Å². The van der Waals surface area contributed by atoms with Crippen molar-refractivity contribution in [2.75, 3.05) is 19.6 Å². The van der Waals surface area contributed by atoms with Crippen LogP contribution >= 0.6 is 11.6 Å². The molecule has 9 heteroatoms. The van der Waals surface area contributed by atoms with Gasteiger partial charge in [-0.05, 0) is 38.0 Å².